The van der Waals surface area contributed by atoms with E-state index in [0.29, 0.717) is 12.5 Å². The molecule has 1 saturated carbocycles. The number of hydrogen-bond donors (Lipinski definition) is 1. The van der Waals surface area contributed by atoms with Gasteiger partial charge in [-0.25, -0.2) is 0 Å². The van der Waals surface area contributed by atoms with E-state index in [9.17, 15) is 20.0 Å². The zero-order valence-electron chi connectivity index (χ0n) is 11.4. The summed E-state index contributed by atoms with van der Waals surface area (Å²) in [5.74, 6) is 0.371. The number of hydrogen-bond acceptors (Lipinski definition) is 4. The number of rotatable bonds is 5. The van der Waals surface area contributed by atoms with Crippen molar-refractivity contribution in [3.8, 4) is 0 Å². The number of nitro benzene ring substituents is 1. The number of aliphatic hydroxyl groups is 1. The van der Waals surface area contributed by atoms with Crippen LogP contribution in [0, 0.1) is 16.0 Å². The Bertz CT molecular complexity index is 494. The maximum Gasteiger partial charge on any atom is 0.269 e. The van der Waals surface area contributed by atoms with E-state index < -0.39 is 4.92 Å². The first-order valence-corrected chi connectivity index (χ1v) is 6.61. The molecule has 0 saturated heterocycles. The Balaban J connectivity index is 1.85. The molecule has 108 valence electrons. The highest BCUT2D eigenvalue weighted by atomic mass is 16.6. The molecule has 1 aromatic carbocycles. The van der Waals surface area contributed by atoms with Gasteiger partial charge in [-0.1, -0.05) is 12.1 Å². The van der Waals surface area contributed by atoms with Crippen molar-refractivity contribution in [2.24, 2.45) is 5.92 Å². The van der Waals surface area contributed by atoms with Gasteiger partial charge in [0.2, 0.25) is 5.91 Å². The molecule has 1 amide bonds. The third-order valence-electron chi connectivity index (χ3n) is 3.67. The standard InChI is InChI=1S/C14H18N2O4/c1-15(9-11-6-13(17)7-11)14(18)8-10-2-4-12(5-3-10)16(19)20/h2-5,11,13,17H,6-9H2,1H3. The van der Waals surface area contributed by atoms with Crippen LogP contribution in [0.4, 0.5) is 5.69 Å². The molecule has 6 nitrogen and oxygen atoms in total. The molecule has 0 atom stereocenters. The van der Waals surface area contributed by atoms with Gasteiger partial charge < -0.3 is 10.0 Å². The van der Waals surface area contributed by atoms with E-state index in [0.717, 1.165) is 18.4 Å². The van der Waals surface area contributed by atoms with E-state index in [-0.39, 0.29) is 24.1 Å². The molecular formula is C14H18N2O4. The Morgan fingerprint density at radius 2 is 2.00 bits per heavy atom. The molecule has 1 aliphatic rings. The van der Waals surface area contributed by atoms with Crippen LogP contribution in [0.5, 0.6) is 0 Å². The molecule has 0 bridgehead atoms. The zero-order valence-corrected chi connectivity index (χ0v) is 11.4. The highest BCUT2D eigenvalue weighted by molar-refractivity contribution is 5.78. The average Bonchev–Trinajstić information content (AvgIpc) is 2.37. The summed E-state index contributed by atoms with van der Waals surface area (Å²) in [4.78, 5) is 23.8. The lowest BCUT2D eigenvalue weighted by molar-refractivity contribution is -0.384. The number of nitrogens with zero attached hydrogens (tertiary/aromatic N) is 2. The lowest BCUT2D eigenvalue weighted by Gasteiger charge is -2.34. The highest BCUT2D eigenvalue weighted by Crippen LogP contribution is 2.27. The molecule has 0 unspecified atom stereocenters. The van der Waals surface area contributed by atoms with E-state index in [1.807, 2.05) is 0 Å². The Morgan fingerprint density at radius 3 is 2.50 bits per heavy atom. The van der Waals surface area contributed by atoms with E-state index in [1.54, 1.807) is 24.1 Å². The van der Waals surface area contributed by atoms with Crippen LogP contribution >= 0.6 is 0 Å². The third-order valence-corrected chi connectivity index (χ3v) is 3.67. The molecule has 20 heavy (non-hydrogen) atoms. The second-order valence-electron chi connectivity index (χ2n) is 5.37. The van der Waals surface area contributed by atoms with E-state index in [1.165, 1.54) is 12.1 Å². The predicted molar refractivity (Wildman–Crippen MR) is 73.2 cm³/mol. The fourth-order valence-corrected chi connectivity index (χ4v) is 2.38. The third kappa shape index (κ3) is 3.54. The Hall–Kier alpha value is -1.95. The van der Waals surface area contributed by atoms with Crippen molar-refractivity contribution in [3.05, 3.63) is 39.9 Å². The fraction of sp³-hybridized carbons (Fsp3) is 0.500. The number of non-ortho nitro benzene ring substituents is 1. The van der Waals surface area contributed by atoms with Crippen LogP contribution in [-0.4, -0.2) is 40.5 Å². The van der Waals surface area contributed by atoms with Crippen molar-refractivity contribution in [1.29, 1.82) is 0 Å². The molecule has 1 aromatic rings. The summed E-state index contributed by atoms with van der Waals surface area (Å²) in [6, 6.07) is 6.03. The molecule has 1 fully saturated rings. The van der Waals surface area contributed by atoms with Gasteiger partial charge in [-0.15, -0.1) is 0 Å². The van der Waals surface area contributed by atoms with Crippen LogP contribution in [0.3, 0.4) is 0 Å². The summed E-state index contributed by atoms with van der Waals surface area (Å²) in [6.45, 7) is 0.656. The first-order chi connectivity index (χ1) is 9.45. The topological polar surface area (TPSA) is 83.7 Å². The molecular weight excluding hydrogens is 260 g/mol. The Labute approximate surface area is 117 Å². The minimum absolute atomic E-state index is 0.0137. The number of benzene rings is 1. The number of amides is 1. The van der Waals surface area contributed by atoms with E-state index in [4.69, 9.17) is 0 Å². The van der Waals surface area contributed by atoms with Crippen LogP contribution in [0.1, 0.15) is 18.4 Å². The van der Waals surface area contributed by atoms with E-state index in [2.05, 4.69) is 0 Å². The molecule has 0 aliphatic heterocycles. The van der Waals surface area contributed by atoms with Crippen LogP contribution < -0.4 is 0 Å². The normalized spacial score (nSPS) is 21.1. The maximum absolute atomic E-state index is 12.0. The van der Waals surface area contributed by atoms with Crippen molar-refractivity contribution >= 4 is 11.6 Å². The lowest BCUT2D eigenvalue weighted by Crippen LogP contribution is -2.40. The minimum Gasteiger partial charge on any atom is -0.393 e. The van der Waals surface area contributed by atoms with Gasteiger partial charge in [-0.3, -0.25) is 14.9 Å². The van der Waals surface area contributed by atoms with Crippen molar-refractivity contribution in [1.82, 2.24) is 4.90 Å². The van der Waals surface area contributed by atoms with Crippen molar-refractivity contribution in [2.75, 3.05) is 13.6 Å². The van der Waals surface area contributed by atoms with Gasteiger partial charge in [0.25, 0.3) is 5.69 Å². The van der Waals surface area contributed by atoms with Crippen molar-refractivity contribution in [2.45, 2.75) is 25.4 Å². The summed E-state index contributed by atoms with van der Waals surface area (Å²) < 4.78 is 0. The van der Waals surface area contributed by atoms with Crippen LogP contribution in [0.15, 0.2) is 24.3 Å². The maximum atomic E-state index is 12.0. The summed E-state index contributed by atoms with van der Waals surface area (Å²) in [7, 11) is 1.75. The molecule has 2 rings (SSSR count). The summed E-state index contributed by atoms with van der Waals surface area (Å²) in [5.41, 5.74) is 0.791. The van der Waals surface area contributed by atoms with Crippen molar-refractivity contribution < 1.29 is 14.8 Å². The molecule has 0 radical (unpaired) electrons. The quantitative estimate of drug-likeness (QED) is 0.651. The largest absolute Gasteiger partial charge is 0.393 e. The molecule has 0 aromatic heterocycles. The number of likely N-dealkylation sites (N-methyl/N-ethyl adjacent to an activating group) is 1. The van der Waals surface area contributed by atoms with Gasteiger partial charge in [-0.2, -0.15) is 0 Å². The molecule has 0 heterocycles. The van der Waals surface area contributed by atoms with Gasteiger partial charge in [0, 0.05) is 25.7 Å². The van der Waals surface area contributed by atoms with Crippen LogP contribution in [0.2, 0.25) is 0 Å². The van der Waals surface area contributed by atoms with Crippen LogP contribution in [-0.2, 0) is 11.2 Å². The monoisotopic (exact) mass is 278 g/mol. The average molecular weight is 278 g/mol. The number of nitro groups is 1. The van der Waals surface area contributed by atoms with E-state index >= 15 is 0 Å². The molecule has 1 aliphatic carbocycles. The number of aliphatic hydroxyl groups excluding tert-OH is 1. The summed E-state index contributed by atoms with van der Waals surface area (Å²) in [5, 5.41) is 19.8. The second-order valence-corrected chi connectivity index (χ2v) is 5.37. The summed E-state index contributed by atoms with van der Waals surface area (Å²) >= 11 is 0. The first-order valence-electron chi connectivity index (χ1n) is 6.61. The fourth-order valence-electron chi connectivity index (χ4n) is 2.38. The van der Waals surface area contributed by atoms with Gasteiger partial charge in [0.15, 0.2) is 0 Å². The highest BCUT2D eigenvalue weighted by Gasteiger charge is 2.28. The smallest absolute Gasteiger partial charge is 0.269 e. The first kappa shape index (κ1) is 14.5. The zero-order chi connectivity index (χ0) is 14.7. The van der Waals surface area contributed by atoms with Crippen LogP contribution in [0.25, 0.3) is 0 Å². The number of carbonyl (C=O) groups excluding carboxylic acids is 1. The van der Waals surface area contributed by atoms with Gasteiger partial charge >= 0.3 is 0 Å². The molecule has 6 heteroatoms. The second kappa shape index (κ2) is 6.00. The number of carbonyl (C=O) groups is 1. The van der Waals surface area contributed by atoms with Gasteiger partial charge in [0.1, 0.15) is 0 Å². The predicted octanol–water partition coefficient (Wildman–Crippen LogP) is 1.37. The molecule has 0 spiro atoms. The SMILES string of the molecule is CN(CC1CC(O)C1)C(=O)Cc1ccc([N+](=O)[O-])cc1. The minimum atomic E-state index is -0.459. The summed E-state index contributed by atoms with van der Waals surface area (Å²) in [6.07, 6.45) is 1.55. The van der Waals surface area contributed by atoms with Gasteiger partial charge in [0.05, 0.1) is 17.4 Å². The van der Waals surface area contributed by atoms with Gasteiger partial charge in [-0.05, 0) is 24.3 Å². The lowest BCUT2D eigenvalue weighted by atomic mass is 9.82. The Kier molecular flexibility index (Phi) is 4.34. The Morgan fingerprint density at radius 1 is 1.40 bits per heavy atom. The molecule has 1 N–H and O–H groups in total. The van der Waals surface area contributed by atoms with Crippen molar-refractivity contribution in [3.63, 3.8) is 0 Å².